The van der Waals surface area contributed by atoms with E-state index in [-0.39, 0.29) is 0 Å². The summed E-state index contributed by atoms with van der Waals surface area (Å²) in [7, 11) is 1.59. The largest absolute Gasteiger partial charge is 0.493 e. The Labute approximate surface area is 119 Å². The van der Waals surface area contributed by atoms with Crippen molar-refractivity contribution >= 4 is 5.97 Å². The molecule has 0 heterocycles. The molecule has 3 N–H and O–H groups in total. The number of ether oxygens (including phenoxy) is 2. The topological polar surface area (TPSA) is 81.8 Å². The summed E-state index contributed by atoms with van der Waals surface area (Å²) in [6.07, 6.45) is 1.36. The SMILES string of the molecule is CCC(N)(CCCOc1ccc(C)cc1OC)C(=O)O. The van der Waals surface area contributed by atoms with Gasteiger partial charge in [0, 0.05) is 0 Å². The van der Waals surface area contributed by atoms with Gasteiger partial charge in [0.25, 0.3) is 0 Å². The smallest absolute Gasteiger partial charge is 0.323 e. The van der Waals surface area contributed by atoms with Gasteiger partial charge < -0.3 is 20.3 Å². The van der Waals surface area contributed by atoms with Gasteiger partial charge in [-0.15, -0.1) is 0 Å². The summed E-state index contributed by atoms with van der Waals surface area (Å²) in [5, 5.41) is 9.08. The van der Waals surface area contributed by atoms with E-state index in [1.807, 2.05) is 25.1 Å². The molecule has 0 bridgehead atoms. The maximum atomic E-state index is 11.1. The highest BCUT2D eigenvalue weighted by atomic mass is 16.5. The van der Waals surface area contributed by atoms with E-state index >= 15 is 0 Å². The molecule has 1 aromatic rings. The van der Waals surface area contributed by atoms with Crippen LogP contribution < -0.4 is 15.2 Å². The molecular formula is C15H23NO4. The molecule has 112 valence electrons. The monoisotopic (exact) mass is 281 g/mol. The zero-order valence-corrected chi connectivity index (χ0v) is 12.3. The Hall–Kier alpha value is -1.75. The fraction of sp³-hybridized carbons (Fsp3) is 0.533. The van der Waals surface area contributed by atoms with Gasteiger partial charge in [-0.2, -0.15) is 0 Å². The molecule has 0 spiro atoms. The molecule has 0 aliphatic heterocycles. The predicted octanol–water partition coefficient (Wildman–Crippen LogP) is 2.35. The summed E-state index contributed by atoms with van der Waals surface area (Å²) in [6.45, 7) is 4.16. The van der Waals surface area contributed by atoms with Crippen LogP contribution in [-0.4, -0.2) is 30.3 Å². The molecule has 0 fully saturated rings. The van der Waals surface area contributed by atoms with Gasteiger partial charge in [0.15, 0.2) is 11.5 Å². The van der Waals surface area contributed by atoms with E-state index in [0.717, 1.165) is 5.56 Å². The van der Waals surface area contributed by atoms with Crippen molar-refractivity contribution in [3.63, 3.8) is 0 Å². The number of hydrogen-bond donors (Lipinski definition) is 2. The number of hydrogen-bond acceptors (Lipinski definition) is 4. The Morgan fingerprint density at radius 3 is 2.65 bits per heavy atom. The van der Waals surface area contributed by atoms with Crippen LogP contribution in [-0.2, 0) is 4.79 Å². The minimum absolute atomic E-state index is 0.382. The highest BCUT2D eigenvalue weighted by Crippen LogP contribution is 2.28. The van der Waals surface area contributed by atoms with Crippen molar-refractivity contribution in [3.05, 3.63) is 23.8 Å². The van der Waals surface area contributed by atoms with Crippen molar-refractivity contribution in [2.24, 2.45) is 5.73 Å². The van der Waals surface area contributed by atoms with Crippen molar-refractivity contribution in [2.45, 2.75) is 38.6 Å². The summed E-state index contributed by atoms with van der Waals surface area (Å²) in [6, 6.07) is 5.68. The molecule has 1 rings (SSSR count). The van der Waals surface area contributed by atoms with Crippen LogP contribution in [0.3, 0.4) is 0 Å². The van der Waals surface area contributed by atoms with Gasteiger partial charge in [-0.3, -0.25) is 4.79 Å². The third-order valence-corrected chi connectivity index (χ3v) is 3.40. The average Bonchev–Trinajstić information content (AvgIpc) is 2.44. The van der Waals surface area contributed by atoms with Crippen molar-refractivity contribution in [3.8, 4) is 11.5 Å². The molecule has 0 aromatic heterocycles. The molecule has 5 nitrogen and oxygen atoms in total. The van der Waals surface area contributed by atoms with E-state index in [4.69, 9.17) is 20.3 Å². The molecule has 0 saturated carbocycles. The zero-order chi connectivity index (χ0) is 15.2. The molecule has 0 aliphatic rings. The van der Waals surface area contributed by atoms with Crippen LogP contribution in [0, 0.1) is 6.92 Å². The Balaban J connectivity index is 2.51. The van der Waals surface area contributed by atoms with Crippen LogP contribution in [0.15, 0.2) is 18.2 Å². The van der Waals surface area contributed by atoms with E-state index in [0.29, 0.717) is 37.4 Å². The fourth-order valence-electron chi connectivity index (χ4n) is 1.90. The Morgan fingerprint density at radius 2 is 2.10 bits per heavy atom. The van der Waals surface area contributed by atoms with E-state index in [2.05, 4.69) is 0 Å². The summed E-state index contributed by atoms with van der Waals surface area (Å²) in [5.74, 6) is 0.373. The average molecular weight is 281 g/mol. The van der Waals surface area contributed by atoms with Crippen molar-refractivity contribution in [2.75, 3.05) is 13.7 Å². The quantitative estimate of drug-likeness (QED) is 0.715. The lowest BCUT2D eigenvalue weighted by Crippen LogP contribution is -2.47. The van der Waals surface area contributed by atoms with E-state index in [1.54, 1.807) is 14.0 Å². The molecule has 1 atom stereocenters. The van der Waals surface area contributed by atoms with Crippen LogP contribution in [0.1, 0.15) is 31.7 Å². The number of carbonyl (C=O) groups is 1. The van der Waals surface area contributed by atoms with Gasteiger partial charge in [-0.1, -0.05) is 13.0 Å². The third kappa shape index (κ3) is 4.13. The van der Waals surface area contributed by atoms with Gasteiger partial charge in [-0.25, -0.2) is 0 Å². The molecule has 0 aliphatic carbocycles. The minimum atomic E-state index is -1.17. The number of aliphatic carboxylic acids is 1. The lowest BCUT2D eigenvalue weighted by atomic mass is 9.92. The number of carboxylic acids is 1. The molecule has 0 saturated heterocycles. The van der Waals surface area contributed by atoms with Crippen LogP contribution in [0.25, 0.3) is 0 Å². The first kappa shape index (κ1) is 16.3. The van der Waals surface area contributed by atoms with Gasteiger partial charge in [0.2, 0.25) is 0 Å². The van der Waals surface area contributed by atoms with Gasteiger partial charge in [0.1, 0.15) is 5.54 Å². The van der Waals surface area contributed by atoms with Crippen LogP contribution in [0.2, 0.25) is 0 Å². The summed E-state index contributed by atoms with van der Waals surface area (Å²) in [5.41, 5.74) is 5.74. The van der Waals surface area contributed by atoms with E-state index in [9.17, 15) is 4.79 Å². The Kier molecular flexibility index (Phi) is 5.82. The molecule has 1 unspecified atom stereocenters. The standard InChI is InChI=1S/C15H23NO4/c1-4-15(16,14(17)18)8-5-9-20-12-7-6-11(2)10-13(12)19-3/h6-7,10H,4-5,8-9,16H2,1-3H3,(H,17,18). The number of methoxy groups -OCH3 is 1. The first-order valence-corrected chi connectivity index (χ1v) is 6.72. The second-order valence-corrected chi connectivity index (χ2v) is 4.92. The predicted molar refractivity (Wildman–Crippen MR) is 77.3 cm³/mol. The Morgan fingerprint density at radius 1 is 1.40 bits per heavy atom. The van der Waals surface area contributed by atoms with Crippen molar-refractivity contribution < 1.29 is 19.4 Å². The number of nitrogens with two attached hydrogens (primary N) is 1. The first-order valence-electron chi connectivity index (χ1n) is 6.72. The molecule has 0 radical (unpaired) electrons. The van der Waals surface area contributed by atoms with Crippen molar-refractivity contribution in [1.82, 2.24) is 0 Å². The molecule has 5 heteroatoms. The number of carboxylic acid groups (broad SMARTS) is 1. The summed E-state index contributed by atoms with van der Waals surface area (Å²) >= 11 is 0. The first-order chi connectivity index (χ1) is 9.42. The van der Waals surface area contributed by atoms with E-state index in [1.165, 1.54) is 0 Å². The van der Waals surface area contributed by atoms with Gasteiger partial charge >= 0.3 is 5.97 Å². The van der Waals surface area contributed by atoms with E-state index < -0.39 is 11.5 Å². The lowest BCUT2D eigenvalue weighted by molar-refractivity contribution is -0.143. The van der Waals surface area contributed by atoms with Gasteiger partial charge in [-0.05, 0) is 43.9 Å². The lowest BCUT2D eigenvalue weighted by Gasteiger charge is -2.22. The zero-order valence-electron chi connectivity index (χ0n) is 12.3. The maximum absolute atomic E-state index is 11.1. The number of benzene rings is 1. The highest BCUT2D eigenvalue weighted by molar-refractivity contribution is 5.78. The third-order valence-electron chi connectivity index (χ3n) is 3.40. The summed E-state index contributed by atoms with van der Waals surface area (Å²) in [4.78, 5) is 11.1. The molecule has 1 aromatic carbocycles. The molecule has 0 amide bonds. The minimum Gasteiger partial charge on any atom is -0.493 e. The summed E-state index contributed by atoms with van der Waals surface area (Å²) < 4.78 is 10.9. The second kappa shape index (κ2) is 7.14. The maximum Gasteiger partial charge on any atom is 0.323 e. The van der Waals surface area contributed by atoms with Crippen LogP contribution in [0.5, 0.6) is 11.5 Å². The number of aryl methyl sites for hydroxylation is 1. The Bertz CT molecular complexity index is 461. The van der Waals surface area contributed by atoms with Crippen LogP contribution >= 0.6 is 0 Å². The normalized spacial score (nSPS) is 13.6. The van der Waals surface area contributed by atoms with Crippen LogP contribution in [0.4, 0.5) is 0 Å². The molecular weight excluding hydrogens is 258 g/mol. The number of rotatable bonds is 8. The van der Waals surface area contributed by atoms with Crippen molar-refractivity contribution in [1.29, 1.82) is 0 Å². The second-order valence-electron chi connectivity index (χ2n) is 4.92. The fourth-order valence-corrected chi connectivity index (χ4v) is 1.90. The highest BCUT2D eigenvalue weighted by Gasteiger charge is 2.31. The molecule has 20 heavy (non-hydrogen) atoms. The van der Waals surface area contributed by atoms with Gasteiger partial charge in [0.05, 0.1) is 13.7 Å².